The molecule has 0 spiro atoms. The molecule has 0 bridgehead atoms. The van der Waals surface area contributed by atoms with Crippen LogP contribution in [0.2, 0.25) is 5.15 Å². The zero-order valence-corrected chi connectivity index (χ0v) is 12.1. The lowest BCUT2D eigenvalue weighted by molar-refractivity contribution is 0.483. The molecule has 1 aliphatic rings. The van der Waals surface area contributed by atoms with Crippen molar-refractivity contribution in [2.75, 3.05) is 5.73 Å². The number of nitrogen functional groups attached to an aromatic ring is 1. The number of halogens is 1. The number of para-hydroxylation sites is 2. The van der Waals surface area contributed by atoms with Crippen molar-refractivity contribution in [1.29, 1.82) is 0 Å². The lowest BCUT2D eigenvalue weighted by Crippen LogP contribution is -2.21. The van der Waals surface area contributed by atoms with E-state index in [0.717, 1.165) is 41.7 Å². The molecule has 5 nitrogen and oxygen atoms in total. The number of anilines is 1. The highest BCUT2D eigenvalue weighted by molar-refractivity contribution is 6.29. The highest BCUT2D eigenvalue weighted by atomic mass is 35.5. The molecule has 0 amide bonds. The van der Waals surface area contributed by atoms with Crippen molar-refractivity contribution < 1.29 is 0 Å². The largest absolute Gasteiger partial charge is 0.369 e. The van der Waals surface area contributed by atoms with E-state index >= 15 is 0 Å². The molecule has 2 N–H and O–H groups in total. The maximum Gasteiger partial charge on any atom is 0.201 e. The van der Waals surface area contributed by atoms with Crippen LogP contribution < -0.4 is 5.73 Å². The molecule has 0 saturated heterocycles. The van der Waals surface area contributed by atoms with E-state index in [1.807, 2.05) is 24.3 Å². The summed E-state index contributed by atoms with van der Waals surface area (Å²) in [6.45, 7) is 0. The third-order valence-electron chi connectivity index (χ3n) is 3.99. The van der Waals surface area contributed by atoms with Crippen LogP contribution in [0, 0.1) is 0 Å². The van der Waals surface area contributed by atoms with E-state index < -0.39 is 0 Å². The van der Waals surface area contributed by atoms with Gasteiger partial charge in [-0.05, 0) is 31.4 Å². The van der Waals surface area contributed by atoms with Crippen molar-refractivity contribution in [3.8, 4) is 0 Å². The second kappa shape index (κ2) is 4.70. The summed E-state index contributed by atoms with van der Waals surface area (Å²) < 4.78 is 2.07. The Bertz CT molecular complexity index is 826. The van der Waals surface area contributed by atoms with Crippen molar-refractivity contribution in [1.82, 2.24) is 19.5 Å². The fraction of sp³-hybridized carbons (Fsp3) is 0.267. The van der Waals surface area contributed by atoms with Gasteiger partial charge in [0.1, 0.15) is 5.15 Å². The SMILES string of the molecule is Nc1nc2ccccc2n1C1CCCc2nc(Cl)cnc21. The van der Waals surface area contributed by atoms with E-state index in [0.29, 0.717) is 11.1 Å². The van der Waals surface area contributed by atoms with Gasteiger partial charge >= 0.3 is 0 Å². The van der Waals surface area contributed by atoms with Crippen LogP contribution in [-0.2, 0) is 6.42 Å². The van der Waals surface area contributed by atoms with Crippen LogP contribution in [0.15, 0.2) is 30.5 Å². The van der Waals surface area contributed by atoms with Crippen molar-refractivity contribution >= 4 is 28.6 Å². The normalized spacial score (nSPS) is 17.9. The smallest absolute Gasteiger partial charge is 0.201 e. The summed E-state index contributed by atoms with van der Waals surface area (Å²) in [6.07, 6.45) is 4.53. The van der Waals surface area contributed by atoms with Crippen molar-refractivity contribution in [3.63, 3.8) is 0 Å². The highest BCUT2D eigenvalue weighted by Gasteiger charge is 2.27. The van der Waals surface area contributed by atoms with Crippen LogP contribution in [0.4, 0.5) is 5.95 Å². The zero-order chi connectivity index (χ0) is 14.4. The first-order valence-electron chi connectivity index (χ1n) is 6.98. The third kappa shape index (κ3) is 1.96. The van der Waals surface area contributed by atoms with E-state index in [9.17, 15) is 0 Å². The molecule has 2 heterocycles. The minimum Gasteiger partial charge on any atom is -0.369 e. The molecular weight excluding hydrogens is 286 g/mol. The number of fused-ring (bicyclic) bond motifs is 2. The van der Waals surface area contributed by atoms with E-state index in [4.69, 9.17) is 17.3 Å². The van der Waals surface area contributed by atoms with Gasteiger partial charge in [0.25, 0.3) is 0 Å². The van der Waals surface area contributed by atoms with Crippen molar-refractivity contribution in [2.24, 2.45) is 0 Å². The number of hydrogen-bond acceptors (Lipinski definition) is 4. The van der Waals surface area contributed by atoms with Crippen LogP contribution in [0.1, 0.15) is 30.3 Å². The average molecular weight is 300 g/mol. The lowest BCUT2D eigenvalue weighted by Gasteiger charge is -2.26. The predicted octanol–water partition coefficient (Wildman–Crippen LogP) is 2.99. The van der Waals surface area contributed by atoms with Crippen LogP contribution >= 0.6 is 11.6 Å². The second-order valence-electron chi connectivity index (χ2n) is 5.26. The number of nitrogens with zero attached hydrogens (tertiary/aromatic N) is 4. The van der Waals surface area contributed by atoms with E-state index in [2.05, 4.69) is 19.5 Å². The van der Waals surface area contributed by atoms with Crippen LogP contribution in [0.5, 0.6) is 0 Å². The molecule has 106 valence electrons. The quantitative estimate of drug-likeness (QED) is 0.750. The Balaban J connectivity index is 1.93. The summed E-state index contributed by atoms with van der Waals surface area (Å²) in [5.74, 6) is 0.519. The Kier molecular flexibility index (Phi) is 2.82. The van der Waals surface area contributed by atoms with Crippen LogP contribution in [0.25, 0.3) is 11.0 Å². The van der Waals surface area contributed by atoms with Gasteiger partial charge in [-0.2, -0.15) is 0 Å². The Labute approximate surface area is 126 Å². The van der Waals surface area contributed by atoms with Gasteiger partial charge in [-0.3, -0.25) is 4.98 Å². The molecule has 0 saturated carbocycles. The Hall–Kier alpha value is -2.14. The molecule has 4 rings (SSSR count). The summed E-state index contributed by atoms with van der Waals surface area (Å²) in [5, 5.41) is 0.442. The number of aryl methyl sites for hydroxylation is 1. The number of benzene rings is 1. The Morgan fingerprint density at radius 3 is 3.00 bits per heavy atom. The number of hydrogen-bond donors (Lipinski definition) is 1. The van der Waals surface area contributed by atoms with Gasteiger partial charge in [-0.25, -0.2) is 9.97 Å². The first-order valence-corrected chi connectivity index (χ1v) is 7.35. The fourth-order valence-electron chi connectivity index (χ4n) is 3.12. The van der Waals surface area contributed by atoms with E-state index in [1.165, 1.54) is 0 Å². The monoisotopic (exact) mass is 299 g/mol. The first-order chi connectivity index (χ1) is 10.2. The summed E-state index contributed by atoms with van der Waals surface area (Å²) >= 11 is 5.96. The van der Waals surface area contributed by atoms with E-state index in [-0.39, 0.29) is 6.04 Å². The molecule has 6 heteroatoms. The first kappa shape index (κ1) is 12.6. The third-order valence-corrected chi connectivity index (χ3v) is 4.17. The summed E-state index contributed by atoms with van der Waals surface area (Å²) in [7, 11) is 0. The molecule has 3 aromatic rings. The van der Waals surface area contributed by atoms with Gasteiger partial charge < -0.3 is 10.3 Å². The molecule has 0 radical (unpaired) electrons. The molecule has 21 heavy (non-hydrogen) atoms. The van der Waals surface area contributed by atoms with Crippen molar-refractivity contribution in [3.05, 3.63) is 47.0 Å². The molecule has 0 fully saturated rings. The number of rotatable bonds is 1. The van der Waals surface area contributed by atoms with Gasteiger partial charge in [0, 0.05) is 0 Å². The van der Waals surface area contributed by atoms with Crippen LogP contribution in [0.3, 0.4) is 0 Å². The summed E-state index contributed by atoms with van der Waals surface area (Å²) in [5.41, 5.74) is 10.0. The van der Waals surface area contributed by atoms with Crippen molar-refractivity contribution in [2.45, 2.75) is 25.3 Å². The second-order valence-corrected chi connectivity index (χ2v) is 5.65. The number of imidazole rings is 1. The zero-order valence-electron chi connectivity index (χ0n) is 11.3. The molecule has 0 aliphatic heterocycles. The minimum atomic E-state index is 0.0749. The minimum absolute atomic E-state index is 0.0749. The maximum absolute atomic E-state index is 6.15. The predicted molar refractivity (Wildman–Crippen MR) is 82.3 cm³/mol. The highest BCUT2D eigenvalue weighted by Crippen LogP contribution is 2.35. The molecular formula is C15H14ClN5. The number of nitrogens with two attached hydrogens (primary N) is 1. The van der Waals surface area contributed by atoms with Gasteiger partial charge in [0.15, 0.2) is 0 Å². The fourth-order valence-corrected chi connectivity index (χ4v) is 3.27. The van der Waals surface area contributed by atoms with E-state index in [1.54, 1.807) is 6.20 Å². The van der Waals surface area contributed by atoms with Gasteiger partial charge in [0.2, 0.25) is 5.95 Å². The Morgan fingerprint density at radius 2 is 2.10 bits per heavy atom. The van der Waals surface area contributed by atoms with Gasteiger partial charge in [-0.15, -0.1) is 0 Å². The number of aromatic nitrogens is 4. The lowest BCUT2D eigenvalue weighted by atomic mass is 9.95. The molecule has 1 atom stereocenters. The van der Waals surface area contributed by atoms with Crippen LogP contribution in [-0.4, -0.2) is 19.5 Å². The summed E-state index contributed by atoms with van der Waals surface area (Å²) in [6, 6.07) is 8.05. The molecule has 1 aliphatic carbocycles. The molecule has 1 aromatic carbocycles. The standard InChI is InChI=1S/C15H14ClN5/c16-13-8-18-14-10(19-13)5-3-7-12(14)21-11-6-2-1-4-9(11)20-15(21)17/h1-2,4,6,8,12H,3,5,7H2,(H2,17,20). The molecule has 2 aromatic heterocycles. The Morgan fingerprint density at radius 1 is 1.24 bits per heavy atom. The topological polar surface area (TPSA) is 69.6 Å². The maximum atomic E-state index is 6.15. The molecule has 1 unspecified atom stereocenters. The summed E-state index contributed by atoms with van der Waals surface area (Å²) in [4.78, 5) is 13.4. The van der Waals surface area contributed by atoms with Gasteiger partial charge in [-0.1, -0.05) is 23.7 Å². The van der Waals surface area contributed by atoms with Gasteiger partial charge in [0.05, 0.1) is 34.7 Å². The average Bonchev–Trinajstić information content (AvgIpc) is 2.82.